The zero-order valence-electron chi connectivity index (χ0n) is 9.27. The molecule has 0 fully saturated rings. The smallest absolute Gasteiger partial charge is 0.196 e. The molecule has 88 valence electrons. The molecule has 2 atom stereocenters. The maximum atomic E-state index is 11.9. The van der Waals surface area contributed by atoms with E-state index in [4.69, 9.17) is 9.52 Å². The van der Waals surface area contributed by atoms with Gasteiger partial charge in [0.25, 0.3) is 0 Å². The Morgan fingerprint density at radius 3 is 2.94 bits per heavy atom. The molecule has 2 N–H and O–H groups in total. The topological polar surface area (TPSA) is 70.7 Å². The Morgan fingerprint density at radius 1 is 1.56 bits per heavy atom. The molecule has 4 heteroatoms. The summed E-state index contributed by atoms with van der Waals surface area (Å²) in [6.07, 6.45) is 2.90. The van der Waals surface area contributed by atoms with Crippen molar-refractivity contribution < 1.29 is 14.6 Å². The van der Waals surface area contributed by atoms with Crippen molar-refractivity contribution in [2.75, 3.05) is 0 Å². The largest absolute Gasteiger partial charge is 0.468 e. The number of aryl methyl sites for hydroxylation is 1. The number of fused-ring (bicyclic) bond motifs is 1. The van der Waals surface area contributed by atoms with Gasteiger partial charge in [-0.15, -0.1) is 0 Å². The first-order valence-electron chi connectivity index (χ1n) is 5.61. The monoisotopic (exact) mass is 224 g/mol. The minimum Gasteiger partial charge on any atom is -0.468 e. The zero-order valence-corrected chi connectivity index (χ0v) is 9.27. The molecule has 4 nitrogen and oxygen atoms in total. The Morgan fingerprint density at radius 2 is 2.31 bits per heavy atom. The van der Waals surface area contributed by atoms with Crippen molar-refractivity contribution >= 4 is 0 Å². The van der Waals surface area contributed by atoms with Gasteiger partial charge in [-0.1, -0.05) is 13.3 Å². The predicted octanol–water partition coefficient (Wildman–Crippen LogP) is 1.14. The van der Waals surface area contributed by atoms with Crippen molar-refractivity contribution in [2.45, 2.75) is 38.9 Å². The highest BCUT2D eigenvalue weighted by Crippen LogP contribution is 2.34. The highest BCUT2D eigenvalue weighted by molar-refractivity contribution is 5.27. The number of aliphatic hydroxyl groups excluding tert-OH is 2. The molecular weight excluding hydrogens is 208 g/mol. The summed E-state index contributed by atoms with van der Waals surface area (Å²) in [5, 5.41) is 19.1. The van der Waals surface area contributed by atoms with Crippen LogP contribution in [0.4, 0.5) is 0 Å². The molecule has 1 aromatic heterocycles. The van der Waals surface area contributed by atoms with Gasteiger partial charge in [0, 0.05) is 6.42 Å². The first-order chi connectivity index (χ1) is 7.69. The maximum Gasteiger partial charge on any atom is 0.196 e. The predicted molar refractivity (Wildman–Crippen MR) is 58.0 cm³/mol. The number of aliphatic hydroxyl groups is 2. The summed E-state index contributed by atoms with van der Waals surface area (Å²) in [6.45, 7) is 1.65. The van der Waals surface area contributed by atoms with Crippen LogP contribution in [0.2, 0.25) is 0 Å². The van der Waals surface area contributed by atoms with Crippen LogP contribution >= 0.6 is 0 Å². The van der Waals surface area contributed by atoms with Crippen molar-refractivity contribution in [1.29, 1.82) is 0 Å². The Bertz CT molecular complexity index is 435. The van der Waals surface area contributed by atoms with Gasteiger partial charge < -0.3 is 14.6 Å². The number of hydrogen-bond donors (Lipinski definition) is 2. The molecule has 0 radical (unpaired) electrons. The fraction of sp³-hybridized carbons (Fsp3) is 0.583. The normalized spacial score (nSPS) is 24.2. The summed E-state index contributed by atoms with van der Waals surface area (Å²) < 4.78 is 5.30. The minimum absolute atomic E-state index is 0.115. The van der Waals surface area contributed by atoms with E-state index in [-0.39, 0.29) is 23.5 Å². The van der Waals surface area contributed by atoms with E-state index in [1.54, 1.807) is 0 Å². The lowest BCUT2D eigenvalue weighted by atomic mass is 9.82. The molecule has 0 bridgehead atoms. The lowest BCUT2D eigenvalue weighted by Gasteiger charge is -2.27. The van der Waals surface area contributed by atoms with Crippen LogP contribution in [0.25, 0.3) is 0 Å². The van der Waals surface area contributed by atoms with Crippen LogP contribution in [0.1, 0.15) is 42.8 Å². The molecule has 1 aromatic rings. The van der Waals surface area contributed by atoms with Gasteiger partial charge in [0.1, 0.15) is 5.76 Å². The summed E-state index contributed by atoms with van der Waals surface area (Å²) >= 11 is 0. The average molecular weight is 224 g/mol. The van der Waals surface area contributed by atoms with Gasteiger partial charge >= 0.3 is 0 Å². The van der Waals surface area contributed by atoms with Gasteiger partial charge in [-0.25, -0.2) is 0 Å². The Labute approximate surface area is 93.5 Å². The van der Waals surface area contributed by atoms with Crippen LogP contribution in [0, 0.1) is 5.92 Å². The summed E-state index contributed by atoms with van der Waals surface area (Å²) in [4.78, 5) is 11.9. The van der Waals surface area contributed by atoms with E-state index >= 15 is 0 Å². The second-order valence-corrected chi connectivity index (χ2v) is 4.24. The molecule has 0 saturated heterocycles. The second kappa shape index (κ2) is 4.39. The van der Waals surface area contributed by atoms with Crippen molar-refractivity contribution in [3.63, 3.8) is 0 Å². The Kier molecular flexibility index (Phi) is 3.12. The number of hydrogen-bond acceptors (Lipinski definition) is 4. The van der Waals surface area contributed by atoms with E-state index < -0.39 is 6.10 Å². The molecule has 0 aliphatic heterocycles. The average Bonchev–Trinajstić information content (AvgIpc) is 2.30. The third-order valence-corrected chi connectivity index (χ3v) is 3.36. The van der Waals surface area contributed by atoms with Crippen molar-refractivity contribution in [3.05, 3.63) is 33.4 Å². The van der Waals surface area contributed by atoms with Crippen LogP contribution in [0.5, 0.6) is 0 Å². The van der Waals surface area contributed by atoms with E-state index in [0.29, 0.717) is 17.7 Å². The molecule has 0 unspecified atom stereocenters. The highest BCUT2D eigenvalue weighted by Gasteiger charge is 2.31. The molecule has 1 aliphatic carbocycles. The summed E-state index contributed by atoms with van der Waals surface area (Å²) in [5.74, 6) is 0.684. The van der Waals surface area contributed by atoms with E-state index in [2.05, 4.69) is 0 Å². The zero-order chi connectivity index (χ0) is 11.7. The van der Waals surface area contributed by atoms with Crippen molar-refractivity contribution in [1.82, 2.24) is 0 Å². The van der Waals surface area contributed by atoms with E-state index in [1.165, 1.54) is 6.26 Å². The fourth-order valence-electron chi connectivity index (χ4n) is 2.30. The van der Waals surface area contributed by atoms with Crippen LogP contribution in [-0.2, 0) is 13.0 Å². The van der Waals surface area contributed by atoms with E-state index in [1.807, 2.05) is 6.92 Å². The van der Waals surface area contributed by atoms with Gasteiger partial charge in [-0.2, -0.15) is 0 Å². The molecule has 16 heavy (non-hydrogen) atoms. The maximum absolute atomic E-state index is 11.9. The Hall–Kier alpha value is -1.13. The summed E-state index contributed by atoms with van der Waals surface area (Å²) in [5.41, 5.74) is 0.300. The van der Waals surface area contributed by atoms with Crippen LogP contribution in [0.3, 0.4) is 0 Å². The molecule has 1 aliphatic rings. The molecule has 0 amide bonds. The lowest BCUT2D eigenvalue weighted by molar-refractivity contribution is 0.0833. The van der Waals surface area contributed by atoms with Gasteiger partial charge in [-0.3, -0.25) is 4.79 Å². The van der Waals surface area contributed by atoms with Gasteiger partial charge in [0.2, 0.25) is 0 Å². The minimum atomic E-state index is -0.753. The summed E-state index contributed by atoms with van der Waals surface area (Å²) in [6, 6.07) is 0. The molecule has 0 aromatic carbocycles. The third-order valence-electron chi connectivity index (χ3n) is 3.36. The van der Waals surface area contributed by atoms with Crippen LogP contribution in [0.15, 0.2) is 15.5 Å². The van der Waals surface area contributed by atoms with Crippen molar-refractivity contribution in [2.24, 2.45) is 5.92 Å². The first-order valence-corrected chi connectivity index (χ1v) is 5.61. The summed E-state index contributed by atoms with van der Waals surface area (Å²) in [7, 11) is 0. The molecule has 0 saturated carbocycles. The fourth-order valence-corrected chi connectivity index (χ4v) is 2.30. The lowest BCUT2D eigenvalue weighted by Crippen LogP contribution is -2.28. The van der Waals surface area contributed by atoms with E-state index in [9.17, 15) is 9.90 Å². The third kappa shape index (κ3) is 1.68. The SMILES string of the molecule is CC[C@@H]1CCc2occ(CO)c(=O)c2[C@H]1O. The number of rotatable bonds is 2. The highest BCUT2D eigenvalue weighted by atomic mass is 16.3. The van der Waals surface area contributed by atoms with E-state index in [0.717, 1.165) is 12.8 Å². The van der Waals surface area contributed by atoms with Crippen molar-refractivity contribution in [3.8, 4) is 0 Å². The molecule has 0 spiro atoms. The van der Waals surface area contributed by atoms with Crippen LogP contribution < -0.4 is 5.43 Å². The standard InChI is InChI=1S/C12H16O4/c1-2-7-3-4-9-10(11(7)14)12(15)8(5-13)6-16-9/h6-7,11,13-14H,2-5H2,1H3/t7-,11+/m1/s1. The van der Waals surface area contributed by atoms with Gasteiger partial charge in [0.05, 0.1) is 30.1 Å². The Balaban J connectivity index is 2.52. The van der Waals surface area contributed by atoms with Gasteiger partial charge in [0.15, 0.2) is 5.43 Å². The van der Waals surface area contributed by atoms with Crippen LogP contribution in [-0.4, -0.2) is 10.2 Å². The first kappa shape index (κ1) is 11.4. The second-order valence-electron chi connectivity index (χ2n) is 4.24. The molecular formula is C12H16O4. The molecule has 1 heterocycles. The van der Waals surface area contributed by atoms with Gasteiger partial charge in [-0.05, 0) is 12.3 Å². The molecule has 2 rings (SSSR count). The quantitative estimate of drug-likeness (QED) is 0.790.